The topological polar surface area (TPSA) is 87.5 Å². The molecule has 0 aliphatic carbocycles. The van der Waals surface area contributed by atoms with Gasteiger partial charge in [-0.25, -0.2) is 13.1 Å². The Morgan fingerprint density at radius 1 is 1.38 bits per heavy atom. The minimum absolute atomic E-state index is 0.0753. The van der Waals surface area contributed by atoms with Crippen LogP contribution in [0, 0.1) is 13.8 Å². The fourth-order valence-electron chi connectivity index (χ4n) is 2.22. The number of aromatic nitrogens is 2. The van der Waals surface area contributed by atoms with Gasteiger partial charge in [0.25, 0.3) is 0 Å². The molecule has 0 radical (unpaired) electrons. The third-order valence-electron chi connectivity index (χ3n) is 3.26. The Balaban J connectivity index is 2.93. The fraction of sp³-hybridized carbons (Fsp3) is 0.769. The Morgan fingerprint density at radius 2 is 2.00 bits per heavy atom. The quantitative estimate of drug-likeness (QED) is 0.710. The Hall–Kier alpha value is -0.960. The highest BCUT2D eigenvalue weighted by atomic mass is 32.2. The van der Waals surface area contributed by atoms with Crippen molar-refractivity contribution in [1.29, 1.82) is 0 Å². The zero-order valence-corrected chi connectivity index (χ0v) is 14.2. The molecule has 1 unspecified atom stereocenters. The molecule has 0 aromatic carbocycles. The molecule has 1 aromatic rings. The summed E-state index contributed by atoms with van der Waals surface area (Å²) in [4.78, 5) is 2.23. The van der Waals surface area contributed by atoms with Gasteiger partial charge in [-0.3, -0.25) is 4.68 Å². The first-order valence-corrected chi connectivity index (χ1v) is 8.49. The zero-order valence-electron chi connectivity index (χ0n) is 13.4. The van der Waals surface area contributed by atoms with Gasteiger partial charge >= 0.3 is 0 Å². The van der Waals surface area contributed by atoms with Gasteiger partial charge in [-0.2, -0.15) is 5.10 Å². The second-order valence-electron chi connectivity index (χ2n) is 5.56. The van der Waals surface area contributed by atoms with Crippen molar-refractivity contribution >= 4 is 10.0 Å². The van der Waals surface area contributed by atoms with Crippen LogP contribution in [-0.2, 0) is 16.6 Å². The number of rotatable bonds is 8. The summed E-state index contributed by atoms with van der Waals surface area (Å²) in [7, 11) is 0.306. The highest BCUT2D eigenvalue weighted by Gasteiger charge is 2.25. The van der Waals surface area contributed by atoms with Gasteiger partial charge in [0, 0.05) is 6.04 Å². The van der Waals surface area contributed by atoms with Crippen molar-refractivity contribution in [3.63, 3.8) is 0 Å². The van der Waals surface area contributed by atoms with E-state index in [9.17, 15) is 8.42 Å². The average Bonchev–Trinajstić information content (AvgIpc) is 2.62. The number of hydrogen-bond donors (Lipinski definition) is 2. The summed E-state index contributed by atoms with van der Waals surface area (Å²) in [5, 5.41) is 13.2. The van der Waals surface area contributed by atoms with Crippen LogP contribution in [0.15, 0.2) is 4.90 Å². The summed E-state index contributed by atoms with van der Waals surface area (Å²) in [6, 6.07) is -0.155. The molecule has 0 aliphatic heterocycles. The lowest BCUT2D eigenvalue weighted by Gasteiger charge is -2.17. The molecular formula is C13H26N4O3S. The highest BCUT2D eigenvalue weighted by Crippen LogP contribution is 2.19. The van der Waals surface area contributed by atoms with E-state index in [-0.39, 0.29) is 17.5 Å². The van der Waals surface area contributed by atoms with Crippen LogP contribution in [0.1, 0.15) is 24.7 Å². The Bertz CT molecular complexity index is 566. The molecule has 1 atom stereocenters. The van der Waals surface area contributed by atoms with Crippen LogP contribution in [0.4, 0.5) is 0 Å². The Labute approximate surface area is 127 Å². The maximum atomic E-state index is 12.5. The van der Waals surface area contributed by atoms with E-state index in [0.29, 0.717) is 17.9 Å². The van der Waals surface area contributed by atoms with Gasteiger partial charge in [0.15, 0.2) is 0 Å². The second-order valence-corrected chi connectivity index (χ2v) is 7.21. The van der Waals surface area contributed by atoms with Crippen molar-refractivity contribution in [3.05, 3.63) is 11.4 Å². The first-order chi connectivity index (χ1) is 9.69. The number of aliphatic hydroxyl groups is 1. The summed E-state index contributed by atoms with van der Waals surface area (Å²) in [5.41, 5.74) is 1.00. The molecule has 0 bridgehead atoms. The van der Waals surface area contributed by atoms with E-state index in [1.54, 1.807) is 13.8 Å². The molecule has 1 aromatic heterocycles. The van der Waals surface area contributed by atoms with Crippen LogP contribution in [0.25, 0.3) is 0 Å². The maximum Gasteiger partial charge on any atom is 0.244 e. The number of sulfonamides is 1. The minimum Gasteiger partial charge on any atom is -0.394 e. The molecule has 7 nitrogen and oxygen atoms in total. The largest absolute Gasteiger partial charge is 0.394 e. The van der Waals surface area contributed by atoms with Crippen LogP contribution < -0.4 is 4.72 Å². The molecule has 21 heavy (non-hydrogen) atoms. The van der Waals surface area contributed by atoms with E-state index in [1.165, 1.54) is 4.68 Å². The minimum atomic E-state index is -3.60. The molecule has 122 valence electrons. The van der Waals surface area contributed by atoms with Gasteiger partial charge in [-0.05, 0) is 47.8 Å². The monoisotopic (exact) mass is 318 g/mol. The van der Waals surface area contributed by atoms with Gasteiger partial charge in [0.2, 0.25) is 10.0 Å². The van der Waals surface area contributed by atoms with Crippen LogP contribution in [0.2, 0.25) is 0 Å². The first-order valence-electron chi connectivity index (χ1n) is 7.01. The van der Waals surface area contributed by atoms with Crippen LogP contribution in [0.5, 0.6) is 0 Å². The summed E-state index contributed by atoms with van der Waals surface area (Å²) >= 11 is 0. The van der Waals surface area contributed by atoms with E-state index < -0.39 is 10.0 Å². The Morgan fingerprint density at radius 3 is 2.52 bits per heavy atom. The standard InChI is InChI=1S/C13H26N4O3S/c1-10(6-7-16(4)5)15-21(19,20)13-11(2)14-17(8-9-18)12(13)3/h10,15,18H,6-9H2,1-5H3. The highest BCUT2D eigenvalue weighted by molar-refractivity contribution is 7.89. The lowest BCUT2D eigenvalue weighted by molar-refractivity contribution is 0.267. The number of aryl methyl sites for hydroxylation is 1. The van der Waals surface area contributed by atoms with Crippen LogP contribution in [0.3, 0.4) is 0 Å². The van der Waals surface area contributed by atoms with Crippen LogP contribution in [-0.4, -0.2) is 61.5 Å². The summed E-state index contributed by atoms with van der Waals surface area (Å²) in [5.74, 6) is 0. The lowest BCUT2D eigenvalue weighted by atomic mass is 10.2. The second kappa shape index (κ2) is 7.35. The molecule has 0 aliphatic rings. The van der Waals surface area contributed by atoms with Crippen molar-refractivity contribution in [2.24, 2.45) is 0 Å². The van der Waals surface area contributed by atoms with E-state index in [4.69, 9.17) is 5.11 Å². The van der Waals surface area contributed by atoms with E-state index in [1.807, 2.05) is 25.9 Å². The molecule has 1 heterocycles. The van der Waals surface area contributed by atoms with E-state index in [2.05, 4.69) is 9.82 Å². The molecule has 0 spiro atoms. The van der Waals surface area contributed by atoms with Gasteiger partial charge < -0.3 is 10.0 Å². The van der Waals surface area contributed by atoms with Gasteiger partial charge in [0.1, 0.15) is 4.90 Å². The lowest BCUT2D eigenvalue weighted by Crippen LogP contribution is -2.35. The first kappa shape index (κ1) is 18.1. The molecule has 2 N–H and O–H groups in total. The third-order valence-corrected chi connectivity index (χ3v) is 5.10. The smallest absolute Gasteiger partial charge is 0.244 e. The SMILES string of the molecule is Cc1nn(CCO)c(C)c1S(=O)(=O)NC(C)CCN(C)C. The summed E-state index contributed by atoms with van der Waals surface area (Å²) in [6.07, 6.45) is 0.731. The van der Waals surface area contributed by atoms with Crippen LogP contribution >= 0.6 is 0 Å². The zero-order chi connectivity index (χ0) is 16.2. The van der Waals surface area contributed by atoms with Crippen molar-refractivity contribution in [3.8, 4) is 0 Å². The van der Waals surface area contributed by atoms with E-state index in [0.717, 1.165) is 13.0 Å². The van der Waals surface area contributed by atoms with Gasteiger partial charge in [-0.1, -0.05) is 0 Å². The number of aliphatic hydroxyl groups excluding tert-OH is 1. The number of nitrogens with zero attached hydrogens (tertiary/aromatic N) is 3. The average molecular weight is 318 g/mol. The maximum absolute atomic E-state index is 12.5. The normalized spacial score (nSPS) is 13.9. The fourth-order valence-corrected chi connectivity index (χ4v) is 3.91. The van der Waals surface area contributed by atoms with Crippen molar-refractivity contribution in [2.75, 3.05) is 27.2 Å². The van der Waals surface area contributed by atoms with Crippen molar-refractivity contribution in [1.82, 2.24) is 19.4 Å². The van der Waals surface area contributed by atoms with Crippen molar-refractivity contribution in [2.45, 2.75) is 44.7 Å². The summed E-state index contributed by atoms with van der Waals surface area (Å²) in [6.45, 7) is 6.25. The third kappa shape index (κ3) is 4.77. The summed E-state index contributed by atoms with van der Waals surface area (Å²) < 4.78 is 29.2. The number of nitrogens with one attached hydrogen (secondary N) is 1. The number of hydrogen-bond acceptors (Lipinski definition) is 5. The van der Waals surface area contributed by atoms with Crippen molar-refractivity contribution < 1.29 is 13.5 Å². The molecular weight excluding hydrogens is 292 g/mol. The molecule has 0 saturated carbocycles. The molecule has 1 rings (SSSR count). The predicted molar refractivity (Wildman–Crippen MR) is 81.7 cm³/mol. The predicted octanol–water partition coefficient (Wildman–Crippen LogP) is 0.111. The molecule has 0 saturated heterocycles. The van der Waals surface area contributed by atoms with Gasteiger partial charge in [-0.15, -0.1) is 0 Å². The Kier molecular flexibility index (Phi) is 6.33. The molecule has 0 fully saturated rings. The molecule has 0 amide bonds. The van der Waals surface area contributed by atoms with Gasteiger partial charge in [0.05, 0.1) is 24.5 Å². The van der Waals surface area contributed by atoms with E-state index >= 15 is 0 Å². The molecule has 8 heteroatoms.